The van der Waals surface area contributed by atoms with Gasteiger partial charge in [0.15, 0.2) is 6.29 Å². The van der Waals surface area contributed by atoms with Crippen LogP contribution >= 0.6 is 0 Å². The van der Waals surface area contributed by atoms with Crippen LogP contribution in [0.1, 0.15) is 78.1 Å². The maximum Gasteiger partial charge on any atom is 0.253 e. The number of pyridine rings is 2. The third-order valence-corrected chi connectivity index (χ3v) is 12.5. The van der Waals surface area contributed by atoms with Crippen LogP contribution in [-0.2, 0) is 75.0 Å². The van der Waals surface area contributed by atoms with Gasteiger partial charge in [0.05, 0.1) is 30.1 Å². The number of aliphatic hydroxyl groups is 1. The van der Waals surface area contributed by atoms with Crippen molar-refractivity contribution in [2.24, 2.45) is 0 Å². The molecule has 2 aromatic heterocycles. The molecule has 5 atom stereocenters. The van der Waals surface area contributed by atoms with Gasteiger partial charge in [-0.05, 0) is 74.1 Å². The first-order chi connectivity index (χ1) is 31.5. The molecule has 3 aliphatic heterocycles. The number of fused-ring (bicyclic) bond motifs is 5. The Bertz CT molecular complexity index is 2840. The van der Waals surface area contributed by atoms with E-state index in [0.29, 0.717) is 72.2 Å². The lowest BCUT2D eigenvalue weighted by atomic mass is 9.81. The van der Waals surface area contributed by atoms with Gasteiger partial charge in [0.25, 0.3) is 17.6 Å². The molecule has 8 rings (SSSR count). The number of imide groups is 1. The number of nitrogens with zero attached hydrogens (tertiary/aromatic N) is 3. The summed E-state index contributed by atoms with van der Waals surface area (Å²) in [6.07, 6.45) is 3.58. The van der Waals surface area contributed by atoms with Crippen LogP contribution in [0.4, 0.5) is 10.1 Å². The van der Waals surface area contributed by atoms with Crippen LogP contribution in [0, 0.1) is 18.2 Å². The number of halogens is 1. The summed E-state index contributed by atoms with van der Waals surface area (Å²) in [5, 5.41) is 34.5. The van der Waals surface area contributed by atoms with E-state index in [9.17, 15) is 43.5 Å². The van der Waals surface area contributed by atoms with E-state index in [0.717, 1.165) is 44.7 Å². The van der Waals surface area contributed by atoms with Crippen LogP contribution in [0.25, 0.3) is 22.3 Å². The van der Waals surface area contributed by atoms with Crippen molar-refractivity contribution in [3.05, 3.63) is 98.8 Å². The summed E-state index contributed by atoms with van der Waals surface area (Å²) >= 11 is 0. The first kappa shape index (κ1) is 45.3. The number of aldehydes is 2. The molecule has 0 saturated heterocycles. The Kier molecular flexibility index (Phi) is 12.3. The standard InChI is InChI=1S/C46H46FN9O10/c1-22-27-8-9-32(40-28-19-56-35(41(28)53-34(39(27)40)17-31(22)47)16-30-29(42(56)48)20-66-46(30,65)21-58)49-18-25-4-6-26(7-5-25)52-45(64)33(13-15-57)54-44(63)24(3)51-43(62)23(2)50-36(59)12-14-55-37(60)10-11-38(55)61/h4-7,10-11,15-17,21,23-24,32-33,48-49,65H,8-9,12-14,18-20H2,1-3H3,(H,50,59)(H,51,62)(H,52,64)(H,54,63)/t23?,24-,32-,33?,46?/m0/s1. The highest BCUT2D eigenvalue weighted by molar-refractivity contribution is 6.13. The van der Waals surface area contributed by atoms with Crippen LogP contribution in [0.2, 0.25) is 0 Å². The van der Waals surface area contributed by atoms with Crippen molar-refractivity contribution in [3.8, 4) is 11.4 Å². The van der Waals surface area contributed by atoms with Gasteiger partial charge in [-0.3, -0.25) is 43.9 Å². The fourth-order valence-electron chi connectivity index (χ4n) is 8.85. The van der Waals surface area contributed by atoms with E-state index >= 15 is 4.39 Å². The SMILES string of the molecule is Cc1c(F)cc2nc3c(c4c2c1CC[C@@H]4NCc1ccc(NC(=O)C(CC=O)NC(=O)[C@H](C)NC(=O)C(C)NC(=O)CCN2C(=O)C=CC2=O)cc1)Cn1c-3cc2c(c1=N)COC2(O)C=O. The zero-order valence-electron chi connectivity index (χ0n) is 36.1. The summed E-state index contributed by atoms with van der Waals surface area (Å²) in [7, 11) is 0. The van der Waals surface area contributed by atoms with Crippen LogP contribution in [0.5, 0.6) is 0 Å². The second-order valence-corrected chi connectivity index (χ2v) is 16.7. The van der Waals surface area contributed by atoms with Gasteiger partial charge in [-0.25, -0.2) is 9.37 Å². The van der Waals surface area contributed by atoms with Crippen molar-refractivity contribution in [3.63, 3.8) is 0 Å². The van der Waals surface area contributed by atoms with Gasteiger partial charge in [-0.15, -0.1) is 0 Å². The Morgan fingerprint density at radius 3 is 2.38 bits per heavy atom. The molecule has 20 heteroatoms. The van der Waals surface area contributed by atoms with Gasteiger partial charge >= 0.3 is 0 Å². The molecule has 0 saturated carbocycles. The van der Waals surface area contributed by atoms with E-state index in [-0.39, 0.29) is 48.9 Å². The summed E-state index contributed by atoms with van der Waals surface area (Å²) in [6, 6.07) is 6.22. The van der Waals surface area contributed by atoms with Gasteiger partial charge < -0.3 is 45.8 Å². The molecule has 1 aliphatic carbocycles. The summed E-state index contributed by atoms with van der Waals surface area (Å²) in [6.45, 7) is 4.90. The van der Waals surface area contributed by atoms with Crippen molar-refractivity contribution >= 4 is 64.6 Å². The highest BCUT2D eigenvalue weighted by Crippen LogP contribution is 2.46. The average molecular weight is 904 g/mol. The van der Waals surface area contributed by atoms with Crippen molar-refractivity contribution < 1.29 is 52.6 Å². The molecule has 4 aliphatic rings. The molecule has 0 fully saturated rings. The maximum atomic E-state index is 15.3. The number of aryl methyl sites for hydroxylation is 1. The molecule has 3 unspecified atom stereocenters. The zero-order chi connectivity index (χ0) is 47.2. The number of anilines is 1. The summed E-state index contributed by atoms with van der Waals surface area (Å²) in [5.74, 6) is -6.42. The van der Waals surface area contributed by atoms with Crippen molar-refractivity contribution in [1.82, 2.24) is 35.7 Å². The lowest BCUT2D eigenvalue weighted by Crippen LogP contribution is -2.54. The first-order valence-corrected chi connectivity index (χ1v) is 21.3. The van der Waals surface area contributed by atoms with Crippen molar-refractivity contribution in [2.75, 3.05) is 11.9 Å². The van der Waals surface area contributed by atoms with Crippen LogP contribution in [0.3, 0.4) is 0 Å². The molecular weight excluding hydrogens is 858 g/mol. The van der Waals surface area contributed by atoms with Gasteiger partial charge in [0, 0.05) is 78.0 Å². The lowest BCUT2D eigenvalue weighted by Gasteiger charge is -2.30. The highest BCUT2D eigenvalue weighted by atomic mass is 19.1. The molecule has 19 nitrogen and oxygen atoms in total. The number of ether oxygens (including phenoxy) is 1. The molecule has 342 valence electrons. The monoisotopic (exact) mass is 903 g/mol. The fourth-order valence-corrected chi connectivity index (χ4v) is 8.85. The minimum absolute atomic E-state index is 0.0857. The minimum Gasteiger partial charge on any atom is -0.356 e. The quantitative estimate of drug-likeness (QED) is 0.0540. The number of benzene rings is 2. The molecule has 4 aromatic rings. The Morgan fingerprint density at radius 2 is 1.68 bits per heavy atom. The molecule has 2 aromatic carbocycles. The Labute approximate surface area is 375 Å². The Hall–Kier alpha value is -7.29. The van der Waals surface area contributed by atoms with Gasteiger partial charge in [-0.2, -0.15) is 0 Å². The Morgan fingerprint density at radius 1 is 0.985 bits per heavy atom. The lowest BCUT2D eigenvalue weighted by molar-refractivity contribution is -0.193. The first-order valence-electron chi connectivity index (χ1n) is 21.3. The normalized spacial score (nSPS) is 19.1. The van der Waals surface area contributed by atoms with Gasteiger partial charge in [0.2, 0.25) is 23.6 Å². The van der Waals surface area contributed by atoms with Gasteiger partial charge in [-0.1, -0.05) is 12.1 Å². The topological polar surface area (TPSA) is 271 Å². The molecule has 5 heterocycles. The summed E-state index contributed by atoms with van der Waals surface area (Å²) in [4.78, 5) is 104. The molecule has 0 spiro atoms. The predicted molar refractivity (Wildman–Crippen MR) is 231 cm³/mol. The van der Waals surface area contributed by atoms with E-state index in [4.69, 9.17) is 15.1 Å². The third kappa shape index (κ3) is 8.40. The van der Waals surface area contributed by atoms with E-state index in [1.165, 1.54) is 19.9 Å². The van der Waals surface area contributed by atoms with Gasteiger partial charge in [0.1, 0.15) is 35.7 Å². The number of amides is 6. The summed E-state index contributed by atoms with van der Waals surface area (Å²) < 4.78 is 22.5. The number of rotatable bonds is 16. The molecular formula is C46H46FN9O10. The number of hydrogen-bond donors (Lipinski definition) is 7. The number of nitrogens with one attached hydrogen (secondary N) is 6. The van der Waals surface area contributed by atoms with Crippen LogP contribution in [-0.4, -0.2) is 92.2 Å². The largest absolute Gasteiger partial charge is 0.356 e. The van der Waals surface area contributed by atoms with E-state index in [2.05, 4.69) is 26.6 Å². The zero-order valence-corrected chi connectivity index (χ0v) is 36.1. The molecule has 0 radical (unpaired) electrons. The number of aromatic nitrogens is 2. The summed E-state index contributed by atoms with van der Waals surface area (Å²) in [5.41, 5.74) is 6.61. The maximum absolute atomic E-state index is 15.3. The molecule has 0 bridgehead atoms. The fraction of sp³-hybridized carbons (Fsp3) is 0.348. The minimum atomic E-state index is -2.19. The van der Waals surface area contributed by atoms with Crippen LogP contribution in [0.15, 0.2) is 48.6 Å². The molecule has 6 amide bonds. The Balaban J connectivity index is 0.899. The number of hydrogen-bond acceptors (Lipinski definition) is 13. The van der Waals surface area contributed by atoms with Crippen molar-refractivity contribution in [1.29, 1.82) is 5.41 Å². The number of carbonyl (C=O) groups is 8. The van der Waals surface area contributed by atoms with E-state index in [1.807, 2.05) is 0 Å². The third-order valence-electron chi connectivity index (χ3n) is 12.5. The second-order valence-electron chi connectivity index (χ2n) is 16.7. The average Bonchev–Trinajstić information content (AvgIpc) is 3.95. The van der Waals surface area contributed by atoms with E-state index in [1.54, 1.807) is 41.8 Å². The molecule has 66 heavy (non-hydrogen) atoms. The van der Waals surface area contributed by atoms with Crippen LogP contribution < -0.4 is 32.1 Å². The number of carbonyl (C=O) groups excluding carboxylic acids is 8. The highest BCUT2D eigenvalue weighted by Gasteiger charge is 2.42. The second kappa shape index (κ2) is 17.9. The van der Waals surface area contributed by atoms with E-state index < -0.39 is 59.4 Å². The molecule has 7 N–H and O–H groups in total. The smallest absolute Gasteiger partial charge is 0.253 e. The predicted octanol–water partition coefficient (Wildman–Crippen LogP) is 0.980. The van der Waals surface area contributed by atoms with Crippen molar-refractivity contribution in [2.45, 2.75) is 96.1 Å².